The fourth-order valence-electron chi connectivity index (χ4n) is 2.36. The number of hydrogen-bond donors (Lipinski definition) is 1. The van der Waals surface area contributed by atoms with Crippen LogP contribution in [0.2, 0.25) is 0 Å². The minimum Gasteiger partial charge on any atom is -0.369 e. The molecule has 1 saturated heterocycles. The van der Waals surface area contributed by atoms with Crippen LogP contribution in [0.5, 0.6) is 0 Å². The maximum atomic E-state index is 12.6. The van der Waals surface area contributed by atoms with Crippen molar-refractivity contribution in [3.8, 4) is 0 Å². The molecule has 1 aromatic rings. The number of allylic oxidation sites excluding steroid dienone is 1. The van der Waals surface area contributed by atoms with Crippen molar-refractivity contribution < 1.29 is 13.2 Å². The minimum absolute atomic E-state index is 0.600. The molecule has 0 spiro atoms. The van der Waals surface area contributed by atoms with Gasteiger partial charge in [-0.05, 0) is 24.1 Å². The highest BCUT2D eigenvalue weighted by Gasteiger charge is 2.30. The molecule has 110 valence electrons. The fraction of sp³-hybridized carbons (Fsp3) is 0.467. The molecular weight excluding hydrogens is 265 g/mol. The van der Waals surface area contributed by atoms with Crippen LogP contribution in [0.3, 0.4) is 0 Å². The van der Waals surface area contributed by atoms with E-state index in [1.54, 1.807) is 12.1 Å². The first-order valence-corrected chi connectivity index (χ1v) is 6.86. The van der Waals surface area contributed by atoms with Crippen LogP contribution in [-0.2, 0) is 6.18 Å². The van der Waals surface area contributed by atoms with Crippen LogP contribution in [0, 0.1) is 0 Å². The number of rotatable bonds is 3. The molecule has 5 heteroatoms. The van der Waals surface area contributed by atoms with Gasteiger partial charge in [-0.15, -0.1) is 0 Å². The second-order valence-electron chi connectivity index (χ2n) is 4.81. The molecule has 1 N–H and O–H groups in total. The Bertz CT molecular complexity index is 457. The number of benzene rings is 1. The van der Waals surface area contributed by atoms with Crippen LogP contribution in [0.25, 0.3) is 5.70 Å². The van der Waals surface area contributed by atoms with Gasteiger partial charge in [0.1, 0.15) is 0 Å². The lowest BCUT2D eigenvalue weighted by Gasteiger charge is -2.32. The summed E-state index contributed by atoms with van der Waals surface area (Å²) < 4.78 is 37.8. The number of nitrogens with one attached hydrogen (secondary N) is 1. The summed E-state index contributed by atoms with van der Waals surface area (Å²) in [5.74, 6) is 0. The molecule has 0 saturated carbocycles. The Kier molecular flexibility index (Phi) is 4.70. The molecule has 0 atom stereocenters. The highest BCUT2D eigenvalue weighted by Crippen LogP contribution is 2.30. The third-order valence-electron chi connectivity index (χ3n) is 3.36. The number of nitrogens with zero attached hydrogens (tertiary/aromatic N) is 1. The zero-order valence-electron chi connectivity index (χ0n) is 11.5. The quantitative estimate of drug-likeness (QED) is 0.915. The van der Waals surface area contributed by atoms with Crippen molar-refractivity contribution in [3.05, 3.63) is 41.5 Å². The molecule has 2 rings (SSSR count). The lowest BCUT2D eigenvalue weighted by Crippen LogP contribution is -2.42. The Morgan fingerprint density at radius 1 is 1.20 bits per heavy atom. The highest BCUT2D eigenvalue weighted by atomic mass is 19.4. The first-order valence-electron chi connectivity index (χ1n) is 6.86. The van der Waals surface area contributed by atoms with Gasteiger partial charge in [-0.2, -0.15) is 13.2 Å². The molecule has 0 radical (unpaired) electrons. The molecule has 0 aliphatic carbocycles. The monoisotopic (exact) mass is 284 g/mol. The first kappa shape index (κ1) is 14.9. The molecule has 1 aliphatic rings. The molecule has 0 unspecified atom stereocenters. The Hall–Kier alpha value is -1.49. The van der Waals surface area contributed by atoms with Gasteiger partial charge in [-0.1, -0.05) is 25.1 Å². The van der Waals surface area contributed by atoms with E-state index in [4.69, 9.17) is 0 Å². The average molecular weight is 284 g/mol. The molecule has 1 fully saturated rings. The van der Waals surface area contributed by atoms with Crippen LogP contribution in [0.1, 0.15) is 24.5 Å². The van der Waals surface area contributed by atoms with E-state index in [1.165, 1.54) is 0 Å². The maximum absolute atomic E-state index is 12.6. The third kappa shape index (κ3) is 3.54. The average Bonchev–Trinajstić information content (AvgIpc) is 2.45. The Labute approximate surface area is 117 Å². The van der Waals surface area contributed by atoms with Crippen LogP contribution < -0.4 is 5.32 Å². The van der Waals surface area contributed by atoms with E-state index in [9.17, 15) is 13.2 Å². The van der Waals surface area contributed by atoms with E-state index in [2.05, 4.69) is 16.3 Å². The third-order valence-corrected chi connectivity index (χ3v) is 3.36. The standard InChI is InChI=1S/C15H19F3N2/c1-2-3-14(20-10-8-19-9-11-20)12-4-6-13(7-5-12)15(16,17)18/h3-7,19H,2,8-11H2,1H3/b14-3+. The largest absolute Gasteiger partial charge is 0.416 e. The molecule has 20 heavy (non-hydrogen) atoms. The van der Waals surface area contributed by atoms with Crippen LogP contribution in [-0.4, -0.2) is 31.1 Å². The Balaban J connectivity index is 2.23. The minimum atomic E-state index is -4.28. The summed E-state index contributed by atoms with van der Waals surface area (Å²) in [5, 5.41) is 3.27. The molecule has 0 bridgehead atoms. The van der Waals surface area contributed by atoms with Gasteiger partial charge in [0, 0.05) is 31.9 Å². The summed E-state index contributed by atoms with van der Waals surface area (Å²) in [6.07, 6.45) is -1.34. The second-order valence-corrected chi connectivity index (χ2v) is 4.81. The first-order chi connectivity index (χ1) is 9.52. The summed E-state index contributed by atoms with van der Waals surface area (Å²) in [4.78, 5) is 2.22. The molecular formula is C15H19F3N2. The van der Waals surface area contributed by atoms with Crippen LogP contribution in [0.4, 0.5) is 13.2 Å². The summed E-state index contributed by atoms with van der Waals surface area (Å²) in [6.45, 7) is 5.61. The number of piperazine rings is 1. The van der Waals surface area contributed by atoms with E-state index < -0.39 is 11.7 Å². The van der Waals surface area contributed by atoms with Gasteiger partial charge >= 0.3 is 6.18 Å². The van der Waals surface area contributed by atoms with E-state index in [0.29, 0.717) is 0 Å². The van der Waals surface area contributed by atoms with Crippen molar-refractivity contribution in [1.29, 1.82) is 0 Å². The van der Waals surface area contributed by atoms with E-state index in [1.807, 2.05) is 6.92 Å². The van der Waals surface area contributed by atoms with E-state index in [-0.39, 0.29) is 0 Å². The van der Waals surface area contributed by atoms with Gasteiger partial charge in [0.2, 0.25) is 0 Å². The van der Waals surface area contributed by atoms with Gasteiger partial charge in [0.15, 0.2) is 0 Å². The zero-order valence-corrected chi connectivity index (χ0v) is 11.5. The van der Waals surface area contributed by atoms with Crippen molar-refractivity contribution in [2.24, 2.45) is 0 Å². The molecule has 0 aromatic heterocycles. The Morgan fingerprint density at radius 3 is 2.30 bits per heavy atom. The van der Waals surface area contributed by atoms with Crippen molar-refractivity contribution in [1.82, 2.24) is 10.2 Å². The zero-order chi connectivity index (χ0) is 14.6. The summed E-state index contributed by atoms with van der Waals surface area (Å²) in [5.41, 5.74) is 1.28. The smallest absolute Gasteiger partial charge is 0.369 e. The summed E-state index contributed by atoms with van der Waals surface area (Å²) in [7, 11) is 0. The predicted octanol–water partition coefficient (Wildman–Crippen LogP) is 3.36. The highest BCUT2D eigenvalue weighted by molar-refractivity contribution is 5.64. The fourth-order valence-corrected chi connectivity index (χ4v) is 2.36. The van der Waals surface area contributed by atoms with Crippen molar-refractivity contribution in [2.45, 2.75) is 19.5 Å². The molecule has 1 aliphatic heterocycles. The lowest BCUT2D eigenvalue weighted by atomic mass is 10.1. The maximum Gasteiger partial charge on any atom is 0.416 e. The van der Waals surface area contributed by atoms with Gasteiger partial charge in [-0.25, -0.2) is 0 Å². The second kappa shape index (κ2) is 6.31. The molecule has 1 heterocycles. The normalized spacial score (nSPS) is 17.4. The van der Waals surface area contributed by atoms with Gasteiger partial charge in [0.25, 0.3) is 0 Å². The molecule has 0 amide bonds. The van der Waals surface area contributed by atoms with E-state index in [0.717, 1.165) is 56.0 Å². The number of alkyl halides is 3. The van der Waals surface area contributed by atoms with Gasteiger partial charge < -0.3 is 10.2 Å². The lowest BCUT2D eigenvalue weighted by molar-refractivity contribution is -0.137. The molecule has 1 aromatic carbocycles. The Morgan fingerprint density at radius 2 is 1.80 bits per heavy atom. The summed E-state index contributed by atoms with van der Waals surface area (Å²) in [6, 6.07) is 5.43. The van der Waals surface area contributed by atoms with Crippen molar-refractivity contribution in [2.75, 3.05) is 26.2 Å². The van der Waals surface area contributed by atoms with Gasteiger partial charge in [0.05, 0.1) is 5.56 Å². The van der Waals surface area contributed by atoms with E-state index >= 15 is 0 Å². The van der Waals surface area contributed by atoms with Crippen molar-refractivity contribution in [3.63, 3.8) is 0 Å². The number of hydrogen-bond acceptors (Lipinski definition) is 2. The predicted molar refractivity (Wildman–Crippen MR) is 74.2 cm³/mol. The van der Waals surface area contributed by atoms with Crippen LogP contribution >= 0.6 is 0 Å². The van der Waals surface area contributed by atoms with Crippen LogP contribution in [0.15, 0.2) is 30.3 Å². The number of halogens is 3. The summed E-state index contributed by atoms with van der Waals surface area (Å²) >= 11 is 0. The molecule has 2 nitrogen and oxygen atoms in total. The van der Waals surface area contributed by atoms with Gasteiger partial charge in [-0.3, -0.25) is 0 Å². The van der Waals surface area contributed by atoms with Crippen molar-refractivity contribution >= 4 is 5.70 Å². The SMILES string of the molecule is CC/C=C(\c1ccc(C(F)(F)F)cc1)N1CCNCC1. The topological polar surface area (TPSA) is 15.3 Å².